The molecule has 0 aromatic carbocycles. The lowest BCUT2D eigenvalue weighted by molar-refractivity contribution is -0.136. The zero-order chi connectivity index (χ0) is 15.1. The average Bonchev–Trinajstić information content (AvgIpc) is 2.48. The average molecular weight is 293 g/mol. The summed E-state index contributed by atoms with van der Waals surface area (Å²) >= 11 is 0. The van der Waals surface area contributed by atoms with Crippen LogP contribution < -0.4 is 15.0 Å². The largest absolute Gasteiger partial charge is 0.490 e. The molecule has 1 aliphatic heterocycles. The Hall–Kier alpha value is -1.82. The lowest BCUT2D eigenvalue weighted by Gasteiger charge is -2.34. The first kappa shape index (κ1) is 15.6. The van der Waals surface area contributed by atoms with E-state index < -0.39 is 5.97 Å². The highest BCUT2D eigenvalue weighted by Crippen LogP contribution is 2.29. The van der Waals surface area contributed by atoms with E-state index in [1.54, 1.807) is 6.20 Å². The summed E-state index contributed by atoms with van der Waals surface area (Å²) in [5, 5.41) is 11.7. The van der Waals surface area contributed by atoms with Crippen LogP contribution in [0.1, 0.15) is 19.8 Å². The lowest BCUT2D eigenvalue weighted by atomic mass is 9.98. The van der Waals surface area contributed by atoms with Gasteiger partial charge in [0.25, 0.3) is 0 Å². The van der Waals surface area contributed by atoms with Gasteiger partial charge >= 0.3 is 5.97 Å². The number of anilines is 1. The molecule has 2 heterocycles. The Labute approximate surface area is 125 Å². The van der Waals surface area contributed by atoms with E-state index in [-0.39, 0.29) is 6.54 Å². The molecule has 21 heavy (non-hydrogen) atoms. The molecule has 1 aliphatic rings. The van der Waals surface area contributed by atoms with Crippen LogP contribution in [0.2, 0.25) is 0 Å². The highest BCUT2D eigenvalue weighted by Gasteiger charge is 2.23. The van der Waals surface area contributed by atoms with Crippen molar-refractivity contribution in [2.75, 3.05) is 37.7 Å². The van der Waals surface area contributed by atoms with E-state index in [4.69, 9.17) is 9.84 Å². The summed E-state index contributed by atoms with van der Waals surface area (Å²) in [5.41, 5.74) is 0. The highest BCUT2D eigenvalue weighted by atomic mass is 16.5. The van der Waals surface area contributed by atoms with Crippen LogP contribution in [0, 0.1) is 5.92 Å². The quantitative estimate of drug-likeness (QED) is 0.791. The Morgan fingerprint density at radius 1 is 1.62 bits per heavy atom. The van der Waals surface area contributed by atoms with Gasteiger partial charge in [0, 0.05) is 25.8 Å². The first-order valence-electron chi connectivity index (χ1n) is 7.46. The SMILES string of the molecule is CCOc1cccnc1N1CCCC(CNCC(=O)O)C1. The van der Waals surface area contributed by atoms with Crippen LogP contribution in [0.3, 0.4) is 0 Å². The molecule has 6 heteroatoms. The number of carbonyl (C=O) groups is 1. The molecule has 0 aliphatic carbocycles. The van der Waals surface area contributed by atoms with Crippen molar-refractivity contribution in [3.8, 4) is 5.75 Å². The van der Waals surface area contributed by atoms with E-state index in [9.17, 15) is 4.79 Å². The molecule has 2 N–H and O–H groups in total. The number of nitrogens with zero attached hydrogens (tertiary/aromatic N) is 2. The number of nitrogens with one attached hydrogen (secondary N) is 1. The van der Waals surface area contributed by atoms with Crippen LogP contribution in [-0.2, 0) is 4.79 Å². The smallest absolute Gasteiger partial charge is 0.317 e. The summed E-state index contributed by atoms with van der Waals surface area (Å²) in [6, 6.07) is 3.82. The molecular formula is C15H23N3O3. The third kappa shape index (κ3) is 4.60. The van der Waals surface area contributed by atoms with E-state index in [0.29, 0.717) is 12.5 Å². The summed E-state index contributed by atoms with van der Waals surface area (Å²) in [6.07, 6.45) is 3.98. The van der Waals surface area contributed by atoms with E-state index >= 15 is 0 Å². The van der Waals surface area contributed by atoms with Gasteiger partial charge in [-0.1, -0.05) is 0 Å². The first-order valence-corrected chi connectivity index (χ1v) is 7.46. The van der Waals surface area contributed by atoms with E-state index in [2.05, 4.69) is 15.2 Å². The molecular weight excluding hydrogens is 270 g/mol. The molecule has 0 bridgehead atoms. The van der Waals surface area contributed by atoms with Crippen LogP contribution in [-0.4, -0.2) is 48.8 Å². The highest BCUT2D eigenvalue weighted by molar-refractivity contribution is 5.68. The molecule has 0 saturated carbocycles. The van der Waals surface area contributed by atoms with Crippen molar-refractivity contribution in [1.82, 2.24) is 10.3 Å². The molecule has 0 amide bonds. The molecule has 2 rings (SSSR count). The second-order valence-corrected chi connectivity index (χ2v) is 5.24. The Balaban J connectivity index is 1.95. The number of aliphatic carboxylic acids is 1. The van der Waals surface area contributed by atoms with E-state index in [1.165, 1.54) is 0 Å². The van der Waals surface area contributed by atoms with Crippen LogP contribution in [0.25, 0.3) is 0 Å². The van der Waals surface area contributed by atoms with Gasteiger partial charge in [0.2, 0.25) is 0 Å². The van der Waals surface area contributed by atoms with E-state index in [0.717, 1.165) is 44.0 Å². The summed E-state index contributed by atoms with van der Waals surface area (Å²) in [4.78, 5) is 17.2. The second kappa shape index (κ2) is 7.83. The van der Waals surface area contributed by atoms with Gasteiger partial charge < -0.3 is 20.1 Å². The van der Waals surface area contributed by atoms with Gasteiger partial charge in [-0.05, 0) is 37.8 Å². The third-order valence-corrected chi connectivity index (χ3v) is 3.58. The molecule has 1 aromatic heterocycles. The number of carboxylic acids is 1. The number of pyridine rings is 1. The minimum atomic E-state index is -0.814. The summed E-state index contributed by atoms with van der Waals surface area (Å²) in [6.45, 7) is 5.17. The molecule has 1 unspecified atom stereocenters. The number of hydrogen-bond acceptors (Lipinski definition) is 5. The van der Waals surface area contributed by atoms with Crippen molar-refractivity contribution < 1.29 is 14.6 Å². The summed E-state index contributed by atoms with van der Waals surface area (Å²) in [7, 11) is 0. The van der Waals surface area contributed by atoms with Crippen LogP contribution in [0.4, 0.5) is 5.82 Å². The number of aromatic nitrogens is 1. The number of rotatable bonds is 7. The monoisotopic (exact) mass is 293 g/mol. The fourth-order valence-corrected chi connectivity index (χ4v) is 2.70. The minimum absolute atomic E-state index is 0.0181. The molecule has 1 atom stereocenters. The lowest BCUT2D eigenvalue weighted by Crippen LogP contribution is -2.41. The number of piperidine rings is 1. The van der Waals surface area contributed by atoms with Gasteiger partial charge in [0.15, 0.2) is 11.6 Å². The zero-order valence-corrected chi connectivity index (χ0v) is 12.4. The maximum absolute atomic E-state index is 10.5. The Morgan fingerprint density at radius 2 is 2.48 bits per heavy atom. The van der Waals surface area contributed by atoms with Crippen LogP contribution in [0.15, 0.2) is 18.3 Å². The van der Waals surface area contributed by atoms with Crippen LogP contribution in [0.5, 0.6) is 5.75 Å². The summed E-state index contributed by atoms with van der Waals surface area (Å²) in [5.74, 6) is 1.34. The van der Waals surface area contributed by atoms with Crippen molar-refractivity contribution >= 4 is 11.8 Å². The molecule has 6 nitrogen and oxygen atoms in total. The molecule has 1 aromatic rings. The van der Waals surface area contributed by atoms with Crippen molar-refractivity contribution in [3.63, 3.8) is 0 Å². The minimum Gasteiger partial charge on any atom is -0.490 e. The fourth-order valence-electron chi connectivity index (χ4n) is 2.70. The number of carboxylic acid groups (broad SMARTS) is 1. The van der Waals surface area contributed by atoms with Crippen molar-refractivity contribution in [1.29, 1.82) is 0 Å². The maximum Gasteiger partial charge on any atom is 0.317 e. The van der Waals surface area contributed by atoms with Gasteiger partial charge in [0.1, 0.15) is 0 Å². The molecule has 1 saturated heterocycles. The Bertz CT molecular complexity index is 467. The van der Waals surface area contributed by atoms with Gasteiger partial charge in [0.05, 0.1) is 13.2 Å². The first-order chi connectivity index (χ1) is 10.2. The van der Waals surface area contributed by atoms with Crippen LogP contribution >= 0.6 is 0 Å². The molecule has 1 fully saturated rings. The molecule has 0 spiro atoms. The Morgan fingerprint density at radius 3 is 3.24 bits per heavy atom. The van der Waals surface area contributed by atoms with E-state index in [1.807, 2.05) is 19.1 Å². The van der Waals surface area contributed by atoms with Crippen molar-refractivity contribution in [2.45, 2.75) is 19.8 Å². The van der Waals surface area contributed by atoms with Crippen molar-refractivity contribution in [2.24, 2.45) is 5.92 Å². The van der Waals surface area contributed by atoms with Gasteiger partial charge in [-0.3, -0.25) is 4.79 Å². The topological polar surface area (TPSA) is 74.7 Å². The standard InChI is InChI=1S/C15H23N3O3/c1-2-21-13-6-3-7-17-15(13)18-8-4-5-12(11-18)9-16-10-14(19)20/h3,6-7,12,16H,2,4-5,8-11H2,1H3,(H,19,20). The molecule has 0 radical (unpaired) electrons. The van der Waals surface area contributed by atoms with Gasteiger partial charge in [-0.15, -0.1) is 0 Å². The number of hydrogen-bond donors (Lipinski definition) is 2. The summed E-state index contributed by atoms with van der Waals surface area (Å²) < 4.78 is 5.64. The fraction of sp³-hybridized carbons (Fsp3) is 0.600. The number of ether oxygens (including phenoxy) is 1. The van der Waals surface area contributed by atoms with Gasteiger partial charge in [-0.25, -0.2) is 4.98 Å². The Kier molecular flexibility index (Phi) is 5.80. The van der Waals surface area contributed by atoms with Gasteiger partial charge in [-0.2, -0.15) is 0 Å². The zero-order valence-electron chi connectivity index (χ0n) is 12.4. The normalized spacial score (nSPS) is 18.5. The third-order valence-electron chi connectivity index (χ3n) is 3.58. The second-order valence-electron chi connectivity index (χ2n) is 5.24. The molecule has 116 valence electrons. The maximum atomic E-state index is 10.5. The predicted octanol–water partition coefficient (Wildman–Crippen LogP) is 1.37. The predicted molar refractivity (Wildman–Crippen MR) is 80.8 cm³/mol. The van der Waals surface area contributed by atoms with Crippen molar-refractivity contribution in [3.05, 3.63) is 18.3 Å².